The van der Waals surface area contributed by atoms with Gasteiger partial charge in [-0.15, -0.1) is 0 Å². The van der Waals surface area contributed by atoms with Crippen molar-refractivity contribution in [3.8, 4) is 0 Å². The lowest BCUT2D eigenvalue weighted by atomic mass is 9.94. The van der Waals surface area contributed by atoms with Gasteiger partial charge in [0.25, 0.3) is 10.2 Å². The second-order valence-corrected chi connectivity index (χ2v) is 7.64. The van der Waals surface area contributed by atoms with Crippen LogP contribution in [-0.4, -0.2) is 43.0 Å². The van der Waals surface area contributed by atoms with E-state index in [1.807, 2.05) is 18.2 Å². The Kier molecular flexibility index (Phi) is 5.96. The highest BCUT2D eigenvalue weighted by Gasteiger charge is 2.20. The SMILES string of the molecule is NS(=O)(=O)NCCC1CCN(c2ccnc(Nc3cccnc3)n2)CC1. The Morgan fingerprint density at radius 3 is 2.73 bits per heavy atom. The Morgan fingerprint density at radius 1 is 1.23 bits per heavy atom. The molecule has 0 amide bonds. The zero-order valence-corrected chi connectivity index (χ0v) is 15.2. The molecule has 1 fully saturated rings. The number of nitrogens with two attached hydrogens (primary N) is 1. The molecule has 2 aromatic rings. The van der Waals surface area contributed by atoms with Crippen LogP contribution in [0.1, 0.15) is 19.3 Å². The topological polar surface area (TPSA) is 126 Å². The summed E-state index contributed by atoms with van der Waals surface area (Å²) in [4.78, 5) is 15.1. The van der Waals surface area contributed by atoms with Crippen LogP contribution in [0.15, 0.2) is 36.8 Å². The zero-order valence-electron chi connectivity index (χ0n) is 14.4. The van der Waals surface area contributed by atoms with Crippen molar-refractivity contribution < 1.29 is 8.42 Å². The van der Waals surface area contributed by atoms with Crippen molar-refractivity contribution in [2.75, 3.05) is 29.9 Å². The summed E-state index contributed by atoms with van der Waals surface area (Å²) in [7, 11) is -3.60. The summed E-state index contributed by atoms with van der Waals surface area (Å²) in [6.07, 6.45) is 7.94. The fourth-order valence-corrected chi connectivity index (χ4v) is 3.41. The number of anilines is 3. The molecule has 1 aliphatic heterocycles. The fourth-order valence-electron chi connectivity index (χ4n) is 3.01. The molecule has 2 aromatic heterocycles. The number of nitrogens with one attached hydrogen (secondary N) is 2. The molecular formula is C16H23N7O2S. The van der Waals surface area contributed by atoms with E-state index in [0.29, 0.717) is 18.4 Å². The Hall–Kier alpha value is -2.30. The van der Waals surface area contributed by atoms with Crippen LogP contribution in [0.25, 0.3) is 0 Å². The number of pyridine rings is 1. The fraction of sp³-hybridized carbons (Fsp3) is 0.438. The molecule has 3 heterocycles. The van der Waals surface area contributed by atoms with Crippen LogP contribution in [0, 0.1) is 5.92 Å². The largest absolute Gasteiger partial charge is 0.356 e. The lowest BCUT2D eigenvalue weighted by Crippen LogP contribution is -2.37. The summed E-state index contributed by atoms with van der Waals surface area (Å²) in [5.41, 5.74) is 0.839. The van der Waals surface area contributed by atoms with Crippen LogP contribution in [-0.2, 0) is 10.2 Å². The van der Waals surface area contributed by atoms with E-state index in [1.54, 1.807) is 18.6 Å². The van der Waals surface area contributed by atoms with Crippen molar-refractivity contribution in [2.24, 2.45) is 11.1 Å². The smallest absolute Gasteiger partial charge is 0.274 e. The van der Waals surface area contributed by atoms with Gasteiger partial charge in [-0.25, -0.2) is 14.8 Å². The molecule has 10 heteroatoms. The molecule has 0 radical (unpaired) electrons. The summed E-state index contributed by atoms with van der Waals surface area (Å²) in [5.74, 6) is 1.90. The highest BCUT2D eigenvalue weighted by atomic mass is 32.2. The Balaban J connectivity index is 1.52. The van der Waals surface area contributed by atoms with E-state index < -0.39 is 10.2 Å². The summed E-state index contributed by atoms with van der Waals surface area (Å²) in [6.45, 7) is 2.14. The van der Waals surface area contributed by atoms with Crippen molar-refractivity contribution in [1.82, 2.24) is 19.7 Å². The van der Waals surface area contributed by atoms with E-state index in [9.17, 15) is 8.42 Å². The molecular weight excluding hydrogens is 354 g/mol. The van der Waals surface area contributed by atoms with E-state index in [4.69, 9.17) is 5.14 Å². The van der Waals surface area contributed by atoms with Gasteiger partial charge in [-0.3, -0.25) is 4.98 Å². The van der Waals surface area contributed by atoms with Crippen LogP contribution >= 0.6 is 0 Å². The lowest BCUT2D eigenvalue weighted by Gasteiger charge is -2.32. The molecule has 140 valence electrons. The minimum absolute atomic E-state index is 0.385. The summed E-state index contributed by atoms with van der Waals surface area (Å²) < 4.78 is 24.2. The molecule has 9 nitrogen and oxygen atoms in total. The molecule has 0 saturated carbocycles. The van der Waals surface area contributed by atoms with Crippen LogP contribution in [0.2, 0.25) is 0 Å². The van der Waals surface area contributed by atoms with E-state index in [0.717, 1.165) is 43.9 Å². The third-order valence-corrected chi connectivity index (χ3v) is 4.96. The minimum Gasteiger partial charge on any atom is -0.356 e. The van der Waals surface area contributed by atoms with Crippen molar-refractivity contribution >= 4 is 27.7 Å². The van der Waals surface area contributed by atoms with Crippen LogP contribution in [0.5, 0.6) is 0 Å². The number of nitrogens with zero attached hydrogens (tertiary/aromatic N) is 4. The van der Waals surface area contributed by atoms with Gasteiger partial charge in [-0.05, 0) is 43.4 Å². The molecule has 0 aromatic carbocycles. The van der Waals surface area contributed by atoms with Crippen molar-refractivity contribution in [1.29, 1.82) is 0 Å². The summed E-state index contributed by atoms with van der Waals surface area (Å²) >= 11 is 0. The van der Waals surface area contributed by atoms with E-state index >= 15 is 0 Å². The second-order valence-electron chi connectivity index (χ2n) is 6.26. The highest BCUT2D eigenvalue weighted by Crippen LogP contribution is 2.24. The molecule has 4 N–H and O–H groups in total. The normalized spacial score (nSPS) is 15.8. The third kappa shape index (κ3) is 5.61. The highest BCUT2D eigenvalue weighted by molar-refractivity contribution is 7.87. The summed E-state index contributed by atoms with van der Waals surface area (Å²) in [5, 5.41) is 8.09. The van der Waals surface area contributed by atoms with Gasteiger partial charge < -0.3 is 10.2 Å². The van der Waals surface area contributed by atoms with Gasteiger partial charge in [0.1, 0.15) is 5.82 Å². The van der Waals surface area contributed by atoms with Crippen LogP contribution in [0.4, 0.5) is 17.5 Å². The predicted molar refractivity (Wildman–Crippen MR) is 100 cm³/mol. The van der Waals surface area contributed by atoms with Crippen LogP contribution in [0.3, 0.4) is 0 Å². The molecule has 0 unspecified atom stereocenters. The molecule has 0 bridgehead atoms. The zero-order chi connectivity index (χ0) is 18.4. The molecule has 1 saturated heterocycles. The predicted octanol–water partition coefficient (Wildman–Crippen LogP) is 1.01. The van der Waals surface area contributed by atoms with Crippen LogP contribution < -0.4 is 20.1 Å². The van der Waals surface area contributed by atoms with Gasteiger partial charge in [0, 0.05) is 32.0 Å². The summed E-state index contributed by atoms with van der Waals surface area (Å²) in [6, 6.07) is 5.66. The first-order valence-corrected chi connectivity index (χ1v) is 10.1. The van der Waals surface area contributed by atoms with E-state index in [-0.39, 0.29) is 0 Å². The standard InChI is InChI=1S/C16H23N7O2S/c17-26(24,25)20-9-3-13-5-10-23(11-6-13)15-4-8-19-16(22-15)21-14-2-1-7-18-12-14/h1-2,4,7-8,12-13,20H,3,5-6,9-11H2,(H2,17,24,25)(H,19,21,22). The number of piperidine rings is 1. The number of aromatic nitrogens is 3. The van der Waals surface area contributed by atoms with Crippen molar-refractivity contribution in [2.45, 2.75) is 19.3 Å². The van der Waals surface area contributed by atoms with Crippen molar-refractivity contribution in [3.05, 3.63) is 36.8 Å². The van der Waals surface area contributed by atoms with Gasteiger partial charge in [-0.1, -0.05) is 0 Å². The molecule has 3 rings (SSSR count). The quantitative estimate of drug-likeness (QED) is 0.657. The molecule has 1 aliphatic rings. The molecule has 0 atom stereocenters. The maximum atomic E-state index is 10.9. The Morgan fingerprint density at radius 2 is 2.04 bits per heavy atom. The molecule has 0 spiro atoms. The first-order valence-electron chi connectivity index (χ1n) is 8.52. The second kappa shape index (κ2) is 8.39. The molecule has 0 aliphatic carbocycles. The first kappa shape index (κ1) is 18.5. The van der Waals surface area contributed by atoms with E-state index in [1.165, 1.54) is 0 Å². The minimum atomic E-state index is -3.60. The maximum Gasteiger partial charge on any atom is 0.274 e. The van der Waals surface area contributed by atoms with Gasteiger partial charge in [0.2, 0.25) is 5.95 Å². The van der Waals surface area contributed by atoms with Gasteiger partial charge in [-0.2, -0.15) is 13.4 Å². The monoisotopic (exact) mass is 377 g/mol. The Bertz CT molecular complexity index is 808. The number of hydrogen-bond donors (Lipinski definition) is 3. The molecule has 26 heavy (non-hydrogen) atoms. The van der Waals surface area contributed by atoms with E-state index in [2.05, 4.69) is 29.9 Å². The Labute approximate surface area is 153 Å². The number of hydrogen-bond acceptors (Lipinski definition) is 7. The third-order valence-electron chi connectivity index (χ3n) is 4.35. The van der Waals surface area contributed by atoms with Crippen molar-refractivity contribution in [3.63, 3.8) is 0 Å². The maximum absolute atomic E-state index is 10.9. The van der Waals surface area contributed by atoms with Gasteiger partial charge >= 0.3 is 0 Å². The van der Waals surface area contributed by atoms with Gasteiger partial charge in [0.05, 0.1) is 11.9 Å². The average molecular weight is 377 g/mol. The first-order chi connectivity index (χ1) is 12.5. The van der Waals surface area contributed by atoms with Gasteiger partial charge in [0.15, 0.2) is 0 Å². The average Bonchev–Trinajstić information content (AvgIpc) is 2.62. The lowest BCUT2D eigenvalue weighted by molar-refractivity contribution is 0.380. The number of rotatable bonds is 7.